The first-order valence-corrected chi connectivity index (χ1v) is 21.5. The molecule has 14 nitrogen and oxygen atoms in total. The maximum absolute atomic E-state index is 12.7. The minimum absolute atomic E-state index is 0.101. The van der Waals surface area contributed by atoms with Crippen LogP contribution in [0.25, 0.3) is 22.4 Å². The Morgan fingerprint density at radius 3 is 2.12 bits per heavy atom. The fraction of sp³-hybridized carbons (Fsp3) is 0.163. The molecule has 6 rings (SSSR count). The molecule has 0 saturated heterocycles. The van der Waals surface area contributed by atoms with Crippen molar-refractivity contribution >= 4 is 38.5 Å². The average molecular weight is 835 g/mol. The van der Waals surface area contributed by atoms with Gasteiger partial charge < -0.3 is 10.1 Å². The number of azo groups is 1. The topological polar surface area (TPSA) is 213 Å². The summed E-state index contributed by atoms with van der Waals surface area (Å²) < 4.78 is 62.3. The van der Waals surface area contributed by atoms with Crippen LogP contribution < -0.4 is 14.8 Å². The summed E-state index contributed by atoms with van der Waals surface area (Å²) in [5, 5.41) is 10.7. The van der Waals surface area contributed by atoms with Crippen molar-refractivity contribution in [3.05, 3.63) is 156 Å². The van der Waals surface area contributed by atoms with Crippen molar-refractivity contribution in [3.8, 4) is 28.3 Å². The van der Waals surface area contributed by atoms with E-state index in [0.717, 1.165) is 22.4 Å². The molecule has 0 bridgehead atoms. The molecule has 0 unspecified atom stereocenters. The quantitative estimate of drug-likeness (QED) is 0.0315. The smallest absolute Gasteiger partial charge is 0.294 e. The van der Waals surface area contributed by atoms with Crippen LogP contribution in [0.3, 0.4) is 0 Å². The van der Waals surface area contributed by atoms with Crippen molar-refractivity contribution in [2.75, 3.05) is 6.61 Å². The second-order valence-corrected chi connectivity index (χ2v) is 16.4. The van der Waals surface area contributed by atoms with E-state index in [-0.39, 0.29) is 46.2 Å². The van der Waals surface area contributed by atoms with Gasteiger partial charge in [0.15, 0.2) is 5.82 Å². The molecule has 6 aromatic rings. The second kappa shape index (κ2) is 19.9. The maximum Gasteiger partial charge on any atom is 0.294 e. The molecule has 304 valence electrons. The Balaban J connectivity index is 0.913. The third-order valence-electron chi connectivity index (χ3n) is 8.91. The molecule has 0 spiro atoms. The third kappa shape index (κ3) is 12.3. The van der Waals surface area contributed by atoms with Crippen molar-refractivity contribution in [1.29, 1.82) is 0 Å². The van der Waals surface area contributed by atoms with Gasteiger partial charge in [0.25, 0.3) is 16.0 Å². The number of amides is 2. The molecule has 0 fully saturated rings. The fourth-order valence-electron chi connectivity index (χ4n) is 5.87. The first-order valence-electron chi connectivity index (χ1n) is 18.6. The summed E-state index contributed by atoms with van der Waals surface area (Å²) in [7, 11) is -8.01. The molecule has 0 aliphatic carbocycles. The van der Waals surface area contributed by atoms with Crippen molar-refractivity contribution in [1.82, 2.24) is 20.0 Å². The van der Waals surface area contributed by atoms with Crippen LogP contribution in [0.1, 0.15) is 47.2 Å². The Labute approximate surface area is 343 Å². The van der Waals surface area contributed by atoms with Gasteiger partial charge in [0.2, 0.25) is 11.8 Å². The van der Waals surface area contributed by atoms with Crippen molar-refractivity contribution < 1.29 is 36.4 Å². The molecule has 59 heavy (non-hydrogen) atoms. The molecule has 0 atom stereocenters. The number of aromatic nitrogens is 2. The minimum Gasteiger partial charge on any atom is -0.478 e. The van der Waals surface area contributed by atoms with Crippen LogP contribution in [0.4, 0.5) is 5.82 Å². The monoisotopic (exact) mass is 834 g/mol. The Morgan fingerprint density at radius 2 is 1.42 bits per heavy atom. The van der Waals surface area contributed by atoms with Gasteiger partial charge in [0, 0.05) is 30.8 Å². The first-order chi connectivity index (χ1) is 28.4. The van der Waals surface area contributed by atoms with E-state index in [4.69, 9.17) is 9.72 Å². The highest BCUT2D eigenvalue weighted by atomic mass is 32.3. The van der Waals surface area contributed by atoms with Crippen molar-refractivity contribution in [2.45, 2.75) is 48.6 Å². The zero-order valence-corrected chi connectivity index (χ0v) is 33.4. The highest BCUT2D eigenvalue weighted by Crippen LogP contribution is 2.44. The normalized spacial score (nSPS) is 11.9. The van der Waals surface area contributed by atoms with E-state index in [0.29, 0.717) is 37.3 Å². The van der Waals surface area contributed by atoms with E-state index in [1.165, 1.54) is 48.7 Å². The molecule has 0 aliphatic rings. The molecule has 2 heterocycles. The summed E-state index contributed by atoms with van der Waals surface area (Å²) in [4.78, 5) is 34.1. The summed E-state index contributed by atoms with van der Waals surface area (Å²) in [6.45, 7) is 0.423. The molecule has 2 aromatic heterocycles. The Morgan fingerprint density at radius 1 is 0.729 bits per heavy atom. The predicted molar refractivity (Wildman–Crippen MR) is 225 cm³/mol. The molecule has 16 heteroatoms. The van der Waals surface area contributed by atoms with Crippen LogP contribution in [0.15, 0.2) is 160 Å². The largest absolute Gasteiger partial charge is 0.478 e. The van der Waals surface area contributed by atoms with Gasteiger partial charge in [-0.15, -0.1) is 5.11 Å². The number of pyridine rings is 2. The van der Waals surface area contributed by atoms with Crippen LogP contribution in [0.2, 0.25) is 0 Å². The van der Waals surface area contributed by atoms with Gasteiger partial charge in [0.1, 0.15) is 0 Å². The SMILES string of the molecule is O=C(CCCCCOc1cc(-c2ccccc2)cc(-c2ccccc2)n1)NS(O)(O)c1ccc(CNC(=O)c2ccc(N=NCc3ccccc3S(=O)(=O)O)nc2)cc1. The van der Waals surface area contributed by atoms with E-state index >= 15 is 0 Å². The van der Waals surface area contributed by atoms with Gasteiger partial charge in [0.05, 0.1) is 34.2 Å². The predicted octanol–water partition coefficient (Wildman–Crippen LogP) is 9.05. The number of ether oxygens (including phenoxy) is 1. The second-order valence-electron chi connectivity index (χ2n) is 13.3. The zero-order chi connectivity index (χ0) is 41.7. The zero-order valence-electron chi connectivity index (χ0n) is 31.7. The molecular weight excluding hydrogens is 793 g/mol. The molecule has 4 aromatic carbocycles. The van der Waals surface area contributed by atoms with Gasteiger partial charge in [-0.1, -0.05) is 102 Å². The lowest BCUT2D eigenvalue weighted by atomic mass is 10.0. The number of nitrogens with zero attached hydrogens (tertiary/aromatic N) is 4. The van der Waals surface area contributed by atoms with Gasteiger partial charge in [-0.05, 0) is 77.9 Å². The van der Waals surface area contributed by atoms with Gasteiger partial charge in [-0.3, -0.25) is 23.2 Å². The first kappa shape index (κ1) is 42.3. The number of benzene rings is 4. The van der Waals surface area contributed by atoms with E-state index in [2.05, 4.69) is 25.3 Å². The Hall–Kier alpha value is -6.30. The molecule has 0 saturated carbocycles. The van der Waals surface area contributed by atoms with Gasteiger partial charge >= 0.3 is 0 Å². The summed E-state index contributed by atoms with van der Waals surface area (Å²) in [6, 6.07) is 38.9. The lowest BCUT2D eigenvalue weighted by molar-refractivity contribution is -0.119. The molecule has 5 N–H and O–H groups in total. The van der Waals surface area contributed by atoms with E-state index in [1.807, 2.05) is 72.8 Å². The highest BCUT2D eigenvalue weighted by Gasteiger charge is 2.19. The highest BCUT2D eigenvalue weighted by molar-refractivity contribution is 8.23. The summed E-state index contributed by atoms with van der Waals surface area (Å²) in [5.41, 5.74) is 5.03. The van der Waals surface area contributed by atoms with Crippen LogP contribution in [0.5, 0.6) is 5.88 Å². The number of carbonyl (C=O) groups excluding carboxylic acids is 2. The number of hydrogen-bond donors (Lipinski definition) is 5. The molecule has 2 amide bonds. The standard InChI is InChI=1S/C43H42N6O8S2/c50-41(18-8-3-11-25-57-42-27-36(32-12-4-1-5-13-32)26-38(47-42)33-14-6-2-7-15-33)49-58(52,53)37-22-19-31(20-23-37)28-45-43(51)35-21-24-40(44-29-35)48-46-30-34-16-9-10-17-39(34)59(54,55)56/h1-2,4-7,9-10,12-17,19-24,26-27,29,52-53H,3,8,11,18,25,28,30H2,(H,45,51)(H,49,50)(H,54,55,56). The fourth-order valence-corrected chi connectivity index (χ4v) is 7.64. The molecule has 0 radical (unpaired) electrons. The summed E-state index contributed by atoms with van der Waals surface area (Å²) >= 11 is 0. The number of carbonyl (C=O) groups is 2. The van der Waals surface area contributed by atoms with Crippen molar-refractivity contribution in [3.63, 3.8) is 0 Å². The summed E-state index contributed by atoms with van der Waals surface area (Å²) in [6.07, 6.45) is 3.29. The van der Waals surface area contributed by atoms with Gasteiger partial charge in [-0.2, -0.15) is 13.5 Å². The maximum atomic E-state index is 12.7. The van der Waals surface area contributed by atoms with E-state index in [1.54, 1.807) is 18.2 Å². The number of rotatable bonds is 18. The minimum atomic E-state index is -4.41. The third-order valence-corrected chi connectivity index (χ3v) is 11.3. The van der Waals surface area contributed by atoms with E-state index < -0.39 is 32.7 Å². The lowest BCUT2D eigenvalue weighted by Gasteiger charge is -2.32. The molecule has 0 aliphatic heterocycles. The van der Waals surface area contributed by atoms with Crippen LogP contribution in [0, 0.1) is 0 Å². The van der Waals surface area contributed by atoms with Crippen molar-refractivity contribution in [2.24, 2.45) is 10.2 Å². The van der Waals surface area contributed by atoms with Crippen LogP contribution >= 0.6 is 10.8 Å². The Kier molecular flexibility index (Phi) is 14.3. The van der Waals surface area contributed by atoms with E-state index in [9.17, 15) is 31.7 Å². The Bertz CT molecular complexity index is 2430. The number of hydrogen-bond acceptors (Lipinski definition) is 11. The number of unbranched alkanes of at least 4 members (excludes halogenated alkanes) is 2. The van der Waals surface area contributed by atoms with Crippen LogP contribution in [-0.2, 0) is 28.0 Å². The number of nitrogens with one attached hydrogen (secondary N) is 2. The average Bonchev–Trinajstić information content (AvgIpc) is 3.24. The molecular formula is C43H42N6O8S2. The summed E-state index contributed by atoms with van der Waals surface area (Å²) in [5.74, 6) is -0.204. The van der Waals surface area contributed by atoms with Gasteiger partial charge in [-0.25, -0.2) is 14.7 Å². The lowest BCUT2D eigenvalue weighted by Crippen LogP contribution is -2.27. The van der Waals surface area contributed by atoms with Crippen LogP contribution in [-0.4, -0.2) is 50.5 Å².